The average molecular weight is 283 g/mol. The van der Waals surface area contributed by atoms with Gasteiger partial charge in [-0.3, -0.25) is 4.98 Å². The normalized spacial score (nSPS) is 10.3. The van der Waals surface area contributed by atoms with Crippen LogP contribution in [0.3, 0.4) is 0 Å². The summed E-state index contributed by atoms with van der Waals surface area (Å²) in [4.78, 5) is 15.8. The molecule has 0 fully saturated rings. The van der Waals surface area contributed by atoms with Gasteiger partial charge in [0, 0.05) is 30.1 Å². The number of rotatable bonds is 3. The minimum atomic E-state index is -0.449. The fraction of sp³-hybridized carbons (Fsp3) is 0. The second-order valence-electron chi connectivity index (χ2n) is 4.19. The van der Waals surface area contributed by atoms with Crippen molar-refractivity contribution >= 4 is 11.6 Å². The molecule has 104 valence electrons. The summed E-state index contributed by atoms with van der Waals surface area (Å²) in [7, 11) is 0. The molecule has 0 aliphatic carbocycles. The number of nitrogens with zero attached hydrogens (tertiary/aromatic N) is 4. The molecule has 0 spiro atoms. The van der Waals surface area contributed by atoms with E-state index >= 15 is 0 Å². The van der Waals surface area contributed by atoms with Crippen molar-refractivity contribution in [2.75, 3.05) is 5.32 Å². The topological polar surface area (TPSA) is 83.8 Å². The summed E-state index contributed by atoms with van der Waals surface area (Å²) in [5.41, 5.74) is 1.75. The smallest absolute Gasteiger partial charge is 0.227 e. The van der Waals surface area contributed by atoms with Crippen LogP contribution in [-0.4, -0.2) is 25.0 Å². The van der Waals surface area contributed by atoms with Gasteiger partial charge in [0.2, 0.25) is 11.8 Å². The largest absolute Gasteiger partial charge is 0.493 e. The van der Waals surface area contributed by atoms with Crippen molar-refractivity contribution in [1.29, 1.82) is 0 Å². The number of pyridine rings is 2. The summed E-state index contributed by atoms with van der Waals surface area (Å²) in [6, 6.07) is 6.20. The molecule has 6 nitrogen and oxygen atoms in total. The number of hydrogen-bond acceptors (Lipinski definition) is 6. The lowest BCUT2D eigenvalue weighted by atomic mass is 10.2. The third kappa shape index (κ3) is 3.08. The van der Waals surface area contributed by atoms with Crippen molar-refractivity contribution in [1.82, 2.24) is 19.9 Å². The summed E-state index contributed by atoms with van der Waals surface area (Å²) in [6.07, 6.45) is 5.63. The third-order valence-corrected chi connectivity index (χ3v) is 2.66. The first-order valence-electron chi connectivity index (χ1n) is 6.07. The molecule has 2 N–H and O–H groups in total. The average Bonchev–Trinajstić information content (AvgIpc) is 2.47. The van der Waals surface area contributed by atoms with Gasteiger partial charge in [-0.05, 0) is 12.1 Å². The lowest BCUT2D eigenvalue weighted by Crippen LogP contribution is -1.98. The number of halogens is 1. The van der Waals surface area contributed by atoms with Crippen LogP contribution in [-0.2, 0) is 0 Å². The minimum Gasteiger partial charge on any atom is -0.493 e. The van der Waals surface area contributed by atoms with E-state index in [1.165, 1.54) is 24.5 Å². The Labute approximate surface area is 119 Å². The fourth-order valence-electron chi connectivity index (χ4n) is 1.77. The summed E-state index contributed by atoms with van der Waals surface area (Å²) >= 11 is 0. The number of nitrogens with one attached hydrogen (secondary N) is 1. The Kier molecular flexibility index (Phi) is 3.38. The Morgan fingerprint density at radius 3 is 2.71 bits per heavy atom. The molecule has 0 aliphatic rings. The van der Waals surface area contributed by atoms with E-state index in [9.17, 15) is 9.50 Å². The highest BCUT2D eigenvalue weighted by molar-refractivity contribution is 5.62. The molecule has 3 aromatic heterocycles. The number of aromatic hydroxyl groups is 1. The second kappa shape index (κ2) is 5.49. The quantitative estimate of drug-likeness (QED) is 0.768. The van der Waals surface area contributed by atoms with Gasteiger partial charge in [0.05, 0.1) is 23.8 Å². The molecule has 0 aromatic carbocycles. The zero-order valence-electron chi connectivity index (χ0n) is 10.7. The zero-order chi connectivity index (χ0) is 14.7. The molecule has 0 saturated carbocycles. The van der Waals surface area contributed by atoms with Gasteiger partial charge < -0.3 is 10.4 Å². The minimum absolute atomic E-state index is 0.0880. The van der Waals surface area contributed by atoms with Crippen molar-refractivity contribution in [3.05, 3.63) is 54.9 Å². The van der Waals surface area contributed by atoms with Crippen molar-refractivity contribution in [3.8, 4) is 17.1 Å². The monoisotopic (exact) mass is 283 g/mol. The molecule has 21 heavy (non-hydrogen) atoms. The molecule has 0 unspecified atom stereocenters. The van der Waals surface area contributed by atoms with Crippen LogP contribution in [0, 0.1) is 5.82 Å². The highest BCUT2D eigenvalue weighted by atomic mass is 19.1. The van der Waals surface area contributed by atoms with Gasteiger partial charge in [0.15, 0.2) is 0 Å². The lowest BCUT2D eigenvalue weighted by molar-refractivity contribution is 0.454. The molecule has 0 radical (unpaired) electrons. The highest BCUT2D eigenvalue weighted by Crippen LogP contribution is 2.21. The third-order valence-electron chi connectivity index (χ3n) is 2.66. The van der Waals surface area contributed by atoms with Crippen LogP contribution < -0.4 is 5.32 Å². The Morgan fingerprint density at radius 1 is 1.05 bits per heavy atom. The first kappa shape index (κ1) is 12.9. The molecule has 0 saturated heterocycles. The van der Waals surface area contributed by atoms with Gasteiger partial charge in [-0.1, -0.05) is 0 Å². The lowest BCUT2D eigenvalue weighted by Gasteiger charge is -2.06. The number of aromatic nitrogens is 4. The van der Waals surface area contributed by atoms with E-state index in [0.717, 1.165) is 6.20 Å². The predicted octanol–water partition coefficient (Wildman–Crippen LogP) is 2.52. The van der Waals surface area contributed by atoms with E-state index in [4.69, 9.17) is 0 Å². The summed E-state index contributed by atoms with van der Waals surface area (Å²) in [6.45, 7) is 0. The van der Waals surface area contributed by atoms with Crippen LogP contribution in [0.1, 0.15) is 0 Å². The van der Waals surface area contributed by atoms with Crippen LogP contribution in [0.4, 0.5) is 16.0 Å². The molecule has 7 heteroatoms. The Hall–Kier alpha value is -3.09. The fourth-order valence-corrected chi connectivity index (χ4v) is 1.77. The zero-order valence-corrected chi connectivity index (χ0v) is 10.7. The van der Waals surface area contributed by atoms with Crippen LogP contribution in [0.5, 0.6) is 5.88 Å². The van der Waals surface area contributed by atoms with E-state index in [0.29, 0.717) is 22.9 Å². The molecule has 0 atom stereocenters. The van der Waals surface area contributed by atoms with Gasteiger partial charge in [-0.15, -0.1) is 0 Å². The Bertz CT molecular complexity index is 781. The number of anilines is 2. The molecule has 0 bridgehead atoms. The molecule has 3 aromatic rings. The van der Waals surface area contributed by atoms with Gasteiger partial charge in [0.25, 0.3) is 0 Å². The molecule has 0 amide bonds. The Balaban J connectivity index is 1.90. The molecule has 3 heterocycles. The maximum atomic E-state index is 13.1. The maximum absolute atomic E-state index is 13.1. The van der Waals surface area contributed by atoms with Gasteiger partial charge in [0.1, 0.15) is 5.82 Å². The predicted molar refractivity (Wildman–Crippen MR) is 74.4 cm³/mol. The molecule has 3 rings (SSSR count). The SMILES string of the molecule is Oc1cc(-c2ccnc(Nc3cncc(F)c3)n2)ccn1. The van der Waals surface area contributed by atoms with E-state index in [2.05, 4.69) is 25.3 Å². The van der Waals surface area contributed by atoms with E-state index in [-0.39, 0.29) is 5.88 Å². The first-order valence-corrected chi connectivity index (χ1v) is 6.07. The number of hydrogen-bond donors (Lipinski definition) is 2. The van der Waals surface area contributed by atoms with Gasteiger partial charge in [-0.25, -0.2) is 19.3 Å². The van der Waals surface area contributed by atoms with E-state index < -0.39 is 5.82 Å². The van der Waals surface area contributed by atoms with Crippen molar-refractivity contribution < 1.29 is 9.50 Å². The van der Waals surface area contributed by atoms with Crippen molar-refractivity contribution in [2.24, 2.45) is 0 Å². The van der Waals surface area contributed by atoms with Gasteiger partial charge >= 0.3 is 0 Å². The van der Waals surface area contributed by atoms with Crippen LogP contribution >= 0.6 is 0 Å². The van der Waals surface area contributed by atoms with Gasteiger partial charge in [-0.2, -0.15) is 0 Å². The summed E-state index contributed by atoms with van der Waals surface area (Å²) < 4.78 is 13.1. The van der Waals surface area contributed by atoms with Crippen LogP contribution in [0.25, 0.3) is 11.3 Å². The highest BCUT2D eigenvalue weighted by Gasteiger charge is 2.04. The first-order chi connectivity index (χ1) is 10.2. The second-order valence-corrected chi connectivity index (χ2v) is 4.19. The molecule has 0 aliphatic heterocycles. The van der Waals surface area contributed by atoms with E-state index in [1.54, 1.807) is 18.3 Å². The maximum Gasteiger partial charge on any atom is 0.227 e. The molecular formula is C14H10FN5O. The van der Waals surface area contributed by atoms with E-state index in [1.807, 2.05) is 0 Å². The van der Waals surface area contributed by atoms with Crippen LogP contribution in [0.2, 0.25) is 0 Å². The van der Waals surface area contributed by atoms with Crippen molar-refractivity contribution in [2.45, 2.75) is 0 Å². The van der Waals surface area contributed by atoms with Crippen molar-refractivity contribution in [3.63, 3.8) is 0 Å². The summed E-state index contributed by atoms with van der Waals surface area (Å²) in [5, 5.41) is 12.3. The molecular weight excluding hydrogens is 273 g/mol. The van der Waals surface area contributed by atoms with Crippen LogP contribution in [0.15, 0.2) is 49.1 Å². The summed E-state index contributed by atoms with van der Waals surface area (Å²) in [5.74, 6) is -0.235. The Morgan fingerprint density at radius 2 is 1.90 bits per heavy atom. The standard InChI is InChI=1S/C14H10FN5O/c15-10-6-11(8-16-7-10)19-14-18-4-2-12(20-14)9-1-3-17-13(21)5-9/h1-8H,(H,17,21)(H,18,19,20).